The van der Waals surface area contributed by atoms with Crippen molar-refractivity contribution in [3.63, 3.8) is 0 Å². The highest BCUT2D eigenvalue weighted by Gasteiger charge is 2.29. The fourth-order valence-electron chi connectivity index (χ4n) is 4.70. The molecule has 2 N–H and O–H groups in total. The third-order valence-electron chi connectivity index (χ3n) is 6.03. The third-order valence-corrected chi connectivity index (χ3v) is 6.03. The minimum atomic E-state index is -0.430. The number of carbonyl (C=O) groups is 2. The maximum absolute atomic E-state index is 11.9. The van der Waals surface area contributed by atoms with Crippen LogP contribution in [0.1, 0.15) is 48.4 Å². The Kier molecular flexibility index (Phi) is 6.26. The first kappa shape index (κ1) is 21.0. The van der Waals surface area contributed by atoms with Crippen LogP contribution in [-0.4, -0.2) is 30.2 Å². The third kappa shape index (κ3) is 4.43. The van der Waals surface area contributed by atoms with Gasteiger partial charge < -0.3 is 19.8 Å². The van der Waals surface area contributed by atoms with E-state index in [1.54, 1.807) is 0 Å². The summed E-state index contributed by atoms with van der Waals surface area (Å²) in [6.45, 7) is 0.575. The van der Waals surface area contributed by atoms with Gasteiger partial charge in [0.05, 0.1) is 12.6 Å². The molecule has 1 atom stereocenters. The van der Waals surface area contributed by atoms with Crippen LogP contribution in [0.4, 0.5) is 0 Å². The number of benzene rings is 2. The van der Waals surface area contributed by atoms with E-state index in [-0.39, 0.29) is 18.4 Å². The molecule has 31 heavy (non-hydrogen) atoms. The number of ether oxygens (including phenoxy) is 2. The Balaban J connectivity index is 1.89. The quantitative estimate of drug-likeness (QED) is 0.464. The van der Waals surface area contributed by atoms with E-state index in [4.69, 9.17) is 15.2 Å². The molecule has 0 saturated heterocycles. The number of esters is 1. The van der Waals surface area contributed by atoms with Crippen molar-refractivity contribution >= 4 is 22.8 Å². The van der Waals surface area contributed by atoms with Crippen molar-refractivity contribution < 1.29 is 19.1 Å². The number of fused-ring (bicyclic) bond motifs is 3. The van der Waals surface area contributed by atoms with Gasteiger partial charge in [0.15, 0.2) is 6.61 Å². The van der Waals surface area contributed by atoms with E-state index in [9.17, 15) is 9.59 Å². The Hall–Kier alpha value is -3.28. The Bertz CT molecular complexity index is 1090. The van der Waals surface area contributed by atoms with Crippen molar-refractivity contribution in [2.24, 2.45) is 5.73 Å². The van der Waals surface area contributed by atoms with E-state index in [1.165, 1.54) is 18.4 Å². The Morgan fingerprint density at radius 3 is 2.65 bits per heavy atom. The van der Waals surface area contributed by atoms with Gasteiger partial charge in [0.1, 0.15) is 5.75 Å². The fourth-order valence-corrected chi connectivity index (χ4v) is 4.70. The first-order chi connectivity index (χ1) is 15.1. The molecule has 0 spiro atoms. The number of amides is 1. The van der Waals surface area contributed by atoms with Gasteiger partial charge in [-0.15, -0.1) is 0 Å². The van der Waals surface area contributed by atoms with Crippen LogP contribution < -0.4 is 10.5 Å². The zero-order valence-electron chi connectivity index (χ0n) is 17.8. The number of aromatic nitrogens is 1. The topological polar surface area (TPSA) is 83.6 Å². The summed E-state index contributed by atoms with van der Waals surface area (Å²) >= 11 is 0. The Morgan fingerprint density at radius 2 is 1.90 bits per heavy atom. The number of nitrogens with zero attached hydrogens (tertiary/aromatic N) is 1. The summed E-state index contributed by atoms with van der Waals surface area (Å²) in [5, 5.41) is 0.977. The monoisotopic (exact) mass is 420 g/mol. The predicted octanol–water partition coefficient (Wildman–Crippen LogP) is 3.93. The molecule has 1 amide bonds. The molecule has 0 radical (unpaired) electrons. The number of carbonyl (C=O) groups excluding carboxylic acids is 2. The largest absolute Gasteiger partial charge is 0.481 e. The zero-order chi connectivity index (χ0) is 21.8. The molecule has 1 unspecified atom stereocenters. The molecule has 1 aliphatic rings. The fraction of sp³-hybridized carbons (Fsp3) is 0.360. The number of primary amides is 1. The molecule has 0 fully saturated rings. The minimum Gasteiger partial charge on any atom is -0.481 e. The highest BCUT2D eigenvalue weighted by Crippen LogP contribution is 2.43. The Labute approximate surface area is 181 Å². The summed E-state index contributed by atoms with van der Waals surface area (Å²) in [7, 11) is 1.34. The molecule has 6 nitrogen and oxygen atoms in total. The summed E-state index contributed by atoms with van der Waals surface area (Å²) in [5.74, 6) is -0.0463. The molecule has 162 valence electrons. The van der Waals surface area contributed by atoms with Crippen molar-refractivity contribution in [1.29, 1.82) is 0 Å². The van der Waals surface area contributed by atoms with Gasteiger partial charge in [-0.3, -0.25) is 4.79 Å². The minimum absolute atomic E-state index is 0.0393. The second-order valence-corrected chi connectivity index (χ2v) is 8.06. The average molecular weight is 421 g/mol. The lowest BCUT2D eigenvalue weighted by Crippen LogP contribution is -2.16. The molecule has 1 heterocycles. The number of methoxy groups -OCH3 is 1. The first-order valence-electron chi connectivity index (χ1n) is 10.7. The maximum atomic E-state index is 11.9. The predicted molar refractivity (Wildman–Crippen MR) is 119 cm³/mol. The van der Waals surface area contributed by atoms with E-state index in [0.717, 1.165) is 48.7 Å². The van der Waals surface area contributed by atoms with Gasteiger partial charge >= 0.3 is 5.97 Å². The molecular weight excluding hydrogens is 392 g/mol. The first-order valence-corrected chi connectivity index (χ1v) is 10.7. The van der Waals surface area contributed by atoms with E-state index < -0.39 is 5.97 Å². The zero-order valence-corrected chi connectivity index (χ0v) is 17.8. The van der Waals surface area contributed by atoms with Crippen molar-refractivity contribution in [2.45, 2.75) is 44.6 Å². The highest BCUT2D eigenvalue weighted by molar-refractivity contribution is 5.93. The molecule has 1 aromatic heterocycles. The van der Waals surface area contributed by atoms with Crippen LogP contribution in [0.15, 0.2) is 48.5 Å². The van der Waals surface area contributed by atoms with Gasteiger partial charge in [0.2, 0.25) is 5.91 Å². The van der Waals surface area contributed by atoms with Gasteiger partial charge in [-0.05, 0) is 48.4 Å². The van der Waals surface area contributed by atoms with E-state index in [1.807, 2.05) is 30.3 Å². The SMILES string of the molecule is COC(=O)COc1cccc2c1c1c(n2Cc2ccccc2)CCCCC1CC(N)=O. The van der Waals surface area contributed by atoms with Crippen LogP contribution in [0.3, 0.4) is 0 Å². The van der Waals surface area contributed by atoms with E-state index in [0.29, 0.717) is 12.2 Å². The molecule has 3 aromatic rings. The summed E-state index contributed by atoms with van der Waals surface area (Å²) in [5.41, 5.74) is 10.3. The summed E-state index contributed by atoms with van der Waals surface area (Å²) in [6.07, 6.45) is 4.26. The van der Waals surface area contributed by atoms with Crippen LogP contribution >= 0.6 is 0 Å². The van der Waals surface area contributed by atoms with Gasteiger partial charge in [0.25, 0.3) is 0 Å². The van der Waals surface area contributed by atoms with Crippen LogP contribution in [0.2, 0.25) is 0 Å². The molecule has 0 bridgehead atoms. The van der Waals surface area contributed by atoms with E-state index in [2.05, 4.69) is 22.8 Å². The van der Waals surface area contributed by atoms with Crippen molar-refractivity contribution in [2.75, 3.05) is 13.7 Å². The van der Waals surface area contributed by atoms with Crippen molar-refractivity contribution in [3.05, 3.63) is 65.4 Å². The molecule has 2 aromatic carbocycles. The normalized spacial score (nSPS) is 15.8. The highest BCUT2D eigenvalue weighted by atomic mass is 16.6. The standard InChI is InChI=1S/C25H28N2O4/c1-30-23(29)16-31-21-13-7-12-20-25(21)24-18(14-22(26)28)10-5-6-11-19(24)27(20)15-17-8-3-2-4-9-17/h2-4,7-9,12-13,18H,5-6,10-11,14-16H2,1H3,(H2,26,28). The van der Waals surface area contributed by atoms with Gasteiger partial charge in [-0.2, -0.15) is 0 Å². The molecule has 4 rings (SSSR count). The number of rotatable bonds is 7. The van der Waals surface area contributed by atoms with Crippen LogP contribution in [0, 0.1) is 0 Å². The average Bonchev–Trinajstić information content (AvgIpc) is 2.93. The summed E-state index contributed by atoms with van der Waals surface area (Å²) in [4.78, 5) is 23.6. The molecule has 1 aliphatic carbocycles. The summed E-state index contributed by atoms with van der Waals surface area (Å²) < 4.78 is 13.0. The van der Waals surface area contributed by atoms with Crippen molar-refractivity contribution in [3.8, 4) is 5.75 Å². The Morgan fingerprint density at radius 1 is 1.10 bits per heavy atom. The summed E-state index contributed by atoms with van der Waals surface area (Å²) in [6, 6.07) is 16.2. The smallest absolute Gasteiger partial charge is 0.343 e. The number of nitrogens with two attached hydrogens (primary N) is 1. The van der Waals surface area contributed by atoms with Crippen LogP contribution in [0.5, 0.6) is 5.75 Å². The molecule has 6 heteroatoms. The van der Waals surface area contributed by atoms with Gasteiger partial charge in [-0.1, -0.05) is 42.8 Å². The lowest BCUT2D eigenvalue weighted by molar-refractivity contribution is -0.142. The van der Waals surface area contributed by atoms with Crippen molar-refractivity contribution in [1.82, 2.24) is 4.57 Å². The molecular formula is C25H28N2O4. The van der Waals surface area contributed by atoms with E-state index >= 15 is 0 Å². The lowest BCUT2D eigenvalue weighted by atomic mass is 9.90. The second kappa shape index (κ2) is 9.25. The molecule has 0 aliphatic heterocycles. The van der Waals surface area contributed by atoms with Crippen LogP contribution in [0.25, 0.3) is 10.9 Å². The van der Waals surface area contributed by atoms with Crippen LogP contribution in [-0.2, 0) is 27.3 Å². The lowest BCUT2D eigenvalue weighted by Gasteiger charge is -2.16. The van der Waals surface area contributed by atoms with Gasteiger partial charge in [-0.25, -0.2) is 4.79 Å². The second-order valence-electron chi connectivity index (χ2n) is 8.06. The maximum Gasteiger partial charge on any atom is 0.343 e. The molecule has 0 saturated carbocycles. The number of hydrogen-bond donors (Lipinski definition) is 1. The van der Waals surface area contributed by atoms with Gasteiger partial charge in [0, 0.05) is 24.0 Å². The number of hydrogen-bond acceptors (Lipinski definition) is 4.